The Bertz CT molecular complexity index is 626. The molecule has 16 heavy (non-hydrogen) atoms. The van der Waals surface area contributed by atoms with E-state index in [-0.39, 0.29) is 0 Å². The lowest BCUT2D eigenvalue weighted by atomic mass is 10.1. The average molecular weight is 225 g/mol. The normalized spacial score (nSPS) is 10.8. The van der Waals surface area contributed by atoms with E-state index in [9.17, 15) is 0 Å². The molecule has 0 atom stereocenters. The fourth-order valence-corrected chi connectivity index (χ4v) is 2.63. The van der Waals surface area contributed by atoms with Crippen LogP contribution in [-0.2, 0) is 0 Å². The van der Waals surface area contributed by atoms with Crippen LogP contribution >= 0.6 is 11.5 Å². The molecule has 3 aromatic rings. The van der Waals surface area contributed by atoms with Gasteiger partial charge in [-0.1, -0.05) is 42.0 Å². The Kier molecular flexibility index (Phi) is 2.22. The molecule has 1 heterocycles. The molecule has 78 valence electrons. The standard InChI is InChI=1S/C14H11NS/c1-10-7-8-13-12(9-10)14(15-16-13)11-5-3-2-4-6-11/h2-9H,1H3. The van der Waals surface area contributed by atoms with Crippen LogP contribution in [0.3, 0.4) is 0 Å². The van der Waals surface area contributed by atoms with Crippen molar-refractivity contribution < 1.29 is 0 Å². The SMILES string of the molecule is Cc1ccc2snc(-c3ccccc3)c2c1. The average Bonchev–Trinajstić information content (AvgIpc) is 2.73. The van der Waals surface area contributed by atoms with Crippen LogP contribution in [0.4, 0.5) is 0 Å². The van der Waals surface area contributed by atoms with Crippen LogP contribution in [0.5, 0.6) is 0 Å². The van der Waals surface area contributed by atoms with E-state index in [4.69, 9.17) is 0 Å². The van der Waals surface area contributed by atoms with Crippen molar-refractivity contribution in [2.75, 3.05) is 0 Å². The molecule has 0 radical (unpaired) electrons. The number of fused-ring (bicyclic) bond motifs is 1. The predicted octanol–water partition coefficient (Wildman–Crippen LogP) is 4.27. The molecule has 0 aliphatic rings. The maximum Gasteiger partial charge on any atom is 0.0919 e. The van der Waals surface area contributed by atoms with Crippen LogP contribution < -0.4 is 0 Å². The molecular formula is C14H11NS. The Morgan fingerprint density at radius 2 is 1.81 bits per heavy atom. The van der Waals surface area contributed by atoms with Crippen molar-refractivity contribution in [3.05, 3.63) is 54.1 Å². The van der Waals surface area contributed by atoms with Gasteiger partial charge < -0.3 is 0 Å². The molecular weight excluding hydrogens is 214 g/mol. The number of hydrogen-bond donors (Lipinski definition) is 0. The van der Waals surface area contributed by atoms with Gasteiger partial charge in [-0.05, 0) is 30.6 Å². The molecule has 0 saturated carbocycles. The van der Waals surface area contributed by atoms with Gasteiger partial charge in [-0.15, -0.1) is 0 Å². The molecule has 0 N–H and O–H groups in total. The van der Waals surface area contributed by atoms with Gasteiger partial charge in [-0.2, -0.15) is 4.37 Å². The van der Waals surface area contributed by atoms with Crippen LogP contribution in [0.1, 0.15) is 5.56 Å². The van der Waals surface area contributed by atoms with E-state index in [0.717, 1.165) is 5.69 Å². The van der Waals surface area contributed by atoms with Crippen molar-refractivity contribution in [3.8, 4) is 11.3 Å². The fourth-order valence-electron chi connectivity index (χ4n) is 1.86. The maximum atomic E-state index is 4.55. The van der Waals surface area contributed by atoms with Gasteiger partial charge in [0.1, 0.15) is 0 Å². The Morgan fingerprint density at radius 1 is 1.00 bits per heavy atom. The summed E-state index contributed by atoms with van der Waals surface area (Å²) in [6.45, 7) is 2.12. The minimum atomic E-state index is 1.10. The Labute approximate surface area is 98.5 Å². The number of nitrogens with zero attached hydrogens (tertiary/aromatic N) is 1. The molecule has 0 aliphatic carbocycles. The van der Waals surface area contributed by atoms with E-state index < -0.39 is 0 Å². The van der Waals surface area contributed by atoms with Crippen LogP contribution in [-0.4, -0.2) is 4.37 Å². The van der Waals surface area contributed by atoms with Gasteiger partial charge in [0.25, 0.3) is 0 Å². The Hall–Kier alpha value is -1.67. The lowest BCUT2D eigenvalue weighted by Crippen LogP contribution is -1.77. The molecule has 2 aromatic carbocycles. The van der Waals surface area contributed by atoms with E-state index in [2.05, 4.69) is 53.8 Å². The van der Waals surface area contributed by atoms with Crippen molar-refractivity contribution >= 4 is 21.6 Å². The zero-order valence-corrected chi connectivity index (χ0v) is 9.79. The smallest absolute Gasteiger partial charge is 0.0919 e. The predicted molar refractivity (Wildman–Crippen MR) is 69.8 cm³/mol. The summed E-state index contributed by atoms with van der Waals surface area (Å²) in [6.07, 6.45) is 0. The first-order valence-electron chi connectivity index (χ1n) is 5.26. The highest BCUT2D eigenvalue weighted by molar-refractivity contribution is 7.13. The summed E-state index contributed by atoms with van der Waals surface area (Å²) < 4.78 is 5.80. The molecule has 0 aliphatic heterocycles. The first-order valence-corrected chi connectivity index (χ1v) is 6.03. The summed E-state index contributed by atoms with van der Waals surface area (Å²) in [5.41, 5.74) is 3.58. The summed E-state index contributed by atoms with van der Waals surface area (Å²) in [5, 5.41) is 1.26. The largest absolute Gasteiger partial charge is 0.191 e. The third kappa shape index (κ3) is 1.51. The first kappa shape index (κ1) is 9.55. The number of hydrogen-bond acceptors (Lipinski definition) is 2. The molecule has 0 amide bonds. The van der Waals surface area contributed by atoms with Gasteiger partial charge in [0.2, 0.25) is 0 Å². The number of aryl methyl sites for hydroxylation is 1. The second-order valence-electron chi connectivity index (χ2n) is 3.90. The van der Waals surface area contributed by atoms with E-state index in [0.29, 0.717) is 0 Å². The monoisotopic (exact) mass is 225 g/mol. The third-order valence-corrected chi connectivity index (χ3v) is 3.50. The van der Waals surface area contributed by atoms with Crippen LogP contribution in [0.2, 0.25) is 0 Å². The number of rotatable bonds is 1. The summed E-state index contributed by atoms with van der Waals surface area (Å²) in [5.74, 6) is 0. The van der Waals surface area contributed by atoms with E-state index >= 15 is 0 Å². The molecule has 0 saturated heterocycles. The Morgan fingerprint density at radius 3 is 2.62 bits per heavy atom. The zero-order chi connectivity index (χ0) is 11.0. The highest BCUT2D eigenvalue weighted by atomic mass is 32.1. The molecule has 0 bridgehead atoms. The lowest BCUT2D eigenvalue weighted by Gasteiger charge is -1.98. The van der Waals surface area contributed by atoms with Crippen molar-refractivity contribution in [2.45, 2.75) is 6.92 Å². The minimum absolute atomic E-state index is 1.10. The highest BCUT2D eigenvalue weighted by Crippen LogP contribution is 2.31. The fraction of sp³-hybridized carbons (Fsp3) is 0.0714. The van der Waals surface area contributed by atoms with Crippen LogP contribution in [0.15, 0.2) is 48.5 Å². The van der Waals surface area contributed by atoms with E-state index in [1.165, 1.54) is 21.2 Å². The number of aromatic nitrogens is 1. The van der Waals surface area contributed by atoms with E-state index in [1.807, 2.05) is 6.07 Å². The van der Waals surface area contributed by atoms with Gasteiger partial charge in [-0.3, -0.25) is 0 Å². The maximum absolute atomic E-state index is 4.55. The van der Waals surface area contributed by atoms with Gasteiger partial charge in [-0.25, -0.2) is 0 Å². The molecule has 1 nitrogen and oxygen atoms in total. The second-order valence-corrected chi connectivity index (χ2v) is 4.70. The summed E-state index contributed by atoms with van der Waals surface area (Å²) in [4.78, 5) is 0. The van der Waals surface area contributed by atoms with Crippen LogP contribution in [0.25, 0.3) is 21.3 Å². The lowest BCUT2D eigenvalue weighted by molar-refractivity contribution is 1.50. The third-order valence-electron chi connectivity index (χ3n) is 2.67. The molecule has 3 rings (SSSR count). The Balaban J connectivity index is 2.29. The molecule has 0 unspecified atom stereocenters. The van der Waals surface area contributed by atoms with Crippen molar-refractivity contribution in [2.24, 2.45) is 0 Å². The van der Waals surface area contributed by atoms with Crippen LogP contribution in [0, 0.1) is 6.92 Å². The molecule has 2 heteroatoms. The molecule has 1 aromatic heterocycles. The van der Waals surface area contributed by atoms with E-state index in [1.54, 1.807) is 11.5 Å². The summed E-state index contributed by atoms with van der Waals surface area (Å²) in [7, 11) is 0. The van der Waals surface area contributed by atoms with Crippen molar-refractivity contribution in [1.29, 1.82) is 0 Å². The van der Waals surface area contributed by atoms with Gasteiger partial charge in [0.15, 0.2) is 0 Å². The van der Waals surface area contributed by atoms with Crippen molar-refractivity contribution in [3.63, 3.8) is 0 Å². The molecule has 0 fully saturated rings. The molecule has 0 spiro atoms. The topological polar surface area (TPSA) is 12.9 Å². The first-order chi connectivity index (χ1) is 7.84. The number of benzene rings is 2. The zero-order valence-electron chi connectivity index (χ0n) is 8.97. The minimum Gasteiger partial charge on any atom is -0.191 e. The summed E-state index contributed by atoms with van der Waals surface area (Å²) in [6, 6.07) is 16.8. The van der Waals surface area contributed by atoms with Gasteiger partial charge in [0.05, 0.1) is 10.4 Å². The highest BCUT2D eigenvalue weighted by Gasteiger charge is 2.07. The summed E-state index contributed by atoms with van der Waals surface area (Å²) >= 11 is 1.57. The van der Waals surface area contributed by atoms with Gasteiger partial charge in [0, 0.05) is 10.9 Å². The van der Waals surface area contributed by atoms with Crippen molar-refractivity contribution in [1.82, 2.24) is 4.37 Å². The van der Waals surface area contributed by atoms with Gasteiger partial charge >= 0.3 is 0 Å². The second kappa shape index (κ2) is 3.72. The quantitative estimate of drug-likeness (QED) is 0.602.